The summed E-state index contributed by atoms with van der Waals surface area (Å²) >= 11 is 1.67. The van der Waals surface area contributed by atoms with Gasteiger partial charge in [-0.2, -0.15) is 30.3 Å². The first-order valence-electron chi connectivity index (χ1n) is 18.3. The van der Waals surface area contributed by atoms with Crippen LogP contribution in [0, 0.1) is 25.7 Å². The van der Waals surface area contributed by atoms with Crippen LogP contribution in [-0.2, 0) is 26.5 Å². The summed E-state index contributed by atoms with van der Waals surface area (Å²) in [6.45, 7) is 11.0. The number of rotatable bonds is 6. The van der Waals surface area contributed by atoms with Crippen LogP contribution in [0.3, 0.4) is 0 Å². The number of fused-ring (bicyclic) bond motifs is 5. The van der Waals surface area contributed by atoms with Crippen molar-refractivity contribution in [3.8, 4) is 33.4 Å². The van der Waals surface area contributed by atoms with E-state index in [0.29, 0.717) is 0 Å². The smallest absolute Gasteiger partial charge is 0.135 e. The van der Waals surface area contributed by atoms with Gasteiger partial charge >= 0.3 is 0 Å². The first-order chi connectivity index (χ1) is 26.3. The predicted octanol–water partition coefficient (Wildman–Crippen LogP) is 13.1. The van der Waals surface area contributed by atoms with Crippen molar-refractivity contribution in [3.05, 3.63) is 188 Å². The first kappa shape index (κ1) is 36.6. The Labute approximate surface area is 343 Å². The van der Waals surface area contributed by atoms with E-state index in [1.807, 2.05) is 12.3 Å². The first-order valence-corrected chi connectivity index (χ1v) is 19.1. The van der Waals surface area contributed by atoms with E-state index in [-0.39, 0.29) is 26.5 Å². The van der Waals surface area contributed by atoms with Crippen LogP contribution in [0.1, 0.15) is 31.9 Å². The standard InChI is InChI=1S/C49H39N4S.Pt/c1-34-29-48(50-32-45(34)35-13-6-5-7-14-35)53-46-20-11-10-19-43(46)41-17-8-9-18-42(41)44-26-25-40(31-47(44)53)54-39-16-12-15-38(30-39)52-28-27-51(33-52)37-23-21-36(22-24-37)49(2,3)4;/h5-29,32-33H,1-4H3;/q-3;. The van der Waals surface area contributed by atoms with Crippen molar-refractivity contribution >= 4 is 40.3 Å². The molecule has 2 aliphatic heterocycles. The van der Waals surface area contributed by atoms with Gasteiger partial charge in [0.25, 0.3) is 0 Å². The average molecular weight is 911 g/mol. The van der Waals surface area contributed by atoms with Crippen LogP contribution < -0.4 is 14.7 Å². The maximum Gasteiger partial charge on any atom is 0.135 e. The van der Waals surface area contributed by atoms with E-state index in [9.17, 15) is 0 Å². The van der Waals surface area contributed by atoms with E-state index in [1.54, 1.807) is 11.8 Å². The molecule has 0 aliphatic carbocycles. The van der Waals surface area contributed by atoms with Gasteiger partial charge < -0.3 is 14.7 Å². The molecule has 274 valence electrons. The molecule has 0 unspecified atom stereocenters. The fourth-order valence-corrected chi connectivity index (χ4v) is 8.08. The molecule has 0 amide bonds. The van der Waals surface area contributed by atoms with Gasteiger partial charge in [-0.1, -0.05) is 117 Å². The summed E-state index contributed by atoms with van der Waals surface area (Å²) < 4.78 is 0. The number of pyridine rings is 1. The molecule has 9 rings (SSSR count). The molecule has 0 radical (unpaired) electrons. The molecule has 7 aromatic rings. The maximum absolute atomic E-state index is 5.13. The Hall–Kier alpha value is -5.35. The quantitative estimate of drug-likeness (QED) is 0.155. The molecular formula is C49H39N4PtS-3. The van der Waals surface area contributed by atoms with Crippen molar-refractivity contribution in [1.29, 1.82) is 0 Å². The molecule has 55 heavy (non-hydrogen) atoms. The molecule has 0 bridgehead atoms. The zero-order chi connectivity index (χ0) is 36.8. The van der Waals surface area contributed by atoms with E-state index in [2.05, 4.69) is 207 Å². The largest absolute Gasteiger partial charge is 0.500 e. The number of para-hydroxylation sites is 1. The Morgan fingerprint density at radius 1 is 0.618 bits per heavy atom. The van der Waals surface area contributed by atoms with Gasteiger partial charge in [0.1, 0.15) is 5.82 Å². The monoisotopic (exact) mass is 910 g/mol. The van der Waals surface area contributed by atoms with Gasteiger partial charge in [0.05, 0.1) is 5.69 Å². The van der Waals surface area contributed by atoms with Gasteiger partial charge in [0.2, 0.25) is 0 Å². The summed E-state index contributed by atoms with van der Waals surface area (Å²) in [5.41, 5.74) is 13.7. The van der Waals surface area contributed by atoms with Crippen molar-refractivity contribution in [1.82, 2.24) is 4.98 Å². The third kappa shape index (κ3) is 7.15. The molecule has 6 heteroatoms. The average Bonchev–Trinajstić information content (AvgIpc) is 3.65. The molecule has 0 spiro atoms. The number of nitrogens with zero attached hydrogens (tertiary/aromatic N) is 4. The Morgan fingerprint density at radius 2 is 1.29 bits per heavy atom. The van der Waals surface area contributed by atoms with Gasteiger partial charge in [-0.15, -0.1) is 51.6 Å². The summed E-state index contributed by atoms with van der Waals surface area (Å²) in [5, 5.41) is 0. The topological polar surface area (TPSA) is 22.6 Å². The second-order valence-electron chi connectivity index (χ2n) is 14.7. The third-order valence-electron chi connectivity index (χ3n) is 10.1. The van der Waals surface area contributed by atoms with Gasteiger partial charge in [-0.25, -0.2) is 4.98 Å². The molecule has 6 aromatic carbocycles. The molecule has 0 saturated heterocycles. The van der Waals surface area contributed by atoms with Crippen LogP contribution in [0.25, 0.3) is 33.4 Å². The van der Waals surface area contributed by atoms with Crippen LogP contribution >= 0.6 is 11.8 Å². The molecule has 0 fully saturated rings. The van der Waals surface area contributed by atoms with E-state index in [0.717, 1.165) is 66.2 Å². The van der Waals surface area contributed by atoms with Crippen LogP contribution in [0.5, 0.6) is 0 Å². The van der Waals surface area contributed by atoms with Crippen LogP contribution in [-0.4, -0.2) is 4.98 Å². The fraction of sp³-hybridized carbons (Fsp3) is 0.102. The van der Waals surface area contributed by atoms with E-state index >= 15 is 0 Å². The van der Waals surface area contributed by atoms with E-state index in [1.165, 1.54) is 16.7 Å². The Kier molecular flexibility index (Phi) is 10.0. The van der Waals surface area contributed by atoms with Gasteiger partial charge in [-0.05, 0) is 71.3 Å². The number of aromatic nitrogens is 1. The minimum absolute atomic E-state index is 0. The van der Waals surface area contributed by atoms with E-state index in [4.69, 9.17) is 4.98 Å². The number of aryl methyl sites for hydroxylation is 1. The number of hydrogen-bond acceptors (Lipinski definition) is 5. The molecule has 0 N–H and O–H groups in total. The Balaban J connectivity index is 0.00000427. The van der Waals surface area contributed by atoms with Crippen molar-refractivity contribution in [2.24, 2.45) is 0 Å². The summed E-state index contributed by atoms with van der Waals surface area (Å²) in [6, 6.07) is 57.0. The van der Waals surface area contributed by atoms with Crippen molar-refractivity contribution in [2.75, 3.05) is 14.7 Å². The van der Waals surface area contributed by atoms with E-state index < -0.39 is 0 Å². The van der Waals surface area contributed by atoms with Crippen LogP contribution in [0.15, 0.2) is 168 Å². The molecule has 0 atom stereocenters. The number of hydrogen-bond donors (Lipinski definition) is 0. The zero-order valence-corrected chi connectivity index (χ0v) is 34.2. The molecule has 4 nitrogen and oxygen atoms in total. The second kappa shape index (κ2) is 15.1. The molecule has 1 aromatic heterocycles. The second-order valence-corrected chi connectivity index (χ2v) is 15.8. The summed E-state index contributed by atoms with van der Waals surface area (Å²) in [6.07, 6.45) is 6.18. The fourth-order valence-electron chi connectivity index (χ4n) is 7.26. The zero-order valence-electron chi connectivity index (χ0n) is 31.1. The normalized spacial score (nSPS) is 13.1. The molecule has 3 heterocycles. The minimum atomic E-state index is 0. The maximum atomic E-state index is 5.13. The van der Waals surface area contributed by atoms with Crippen molar-refractivity contribution in [2.45, 2.75) is 42.9 Å². The van der Waals surface area contributed by atoms with Crippen LogP contribution in [0.4, 0.5) is 28.6 Å². The number of anilines is 5. The minimum Gasteiger partial charge on any atom is -0.500 e. The summed E-state index contributed by atoms with van der Waals surface area (Å²) in [4.78, 5) is 13.7. The number of benzene rings is 6. The predicted molar refractivity (Wildman–Crippen MR) is 225 cm³/mol. The summed E-state index contributed by atoms with van der Waals surface area (Å²) in [5.74, 6) is 0.856. The molecule has 2 aliphatic rings. The Morgan fingerprint density at radius 3 is 2.04 bits per heavy atom. The van der Waals surface area contributed by atoms with Gasteiger partial charge in [-0.3, -0.25) is 0 Å². The SMILES string of the molecule is Cc1cc(N2c3[c-]c(Sc4[c-]c(N5C=CN(c6ccc(C(C)(C)C)cc6)[CH-]5)ccc4)ccc3-c3ccccc3-c3ccccc32)ncc1-c1ccccc1.[Pt]. The van der Waals surface area contributed by atoms with Crippen molar-refractivity contribution in [3.63, 3.8) is 0 Å². The molecular weight excluding hydrogens is 872 g/mol. The molecule has 0 saturated carbocycles. The van der Waals surface area contributed by atoms with Gasteiger partial charge in [0.15, 0.2) is 0 Å². The van der Waals surface area contributed by atoms with Crippen molar-refractivity contribution < 1.29 is 21.1 Å². The third-order valence-corrected chi connectivity index (χ3v) is 11.0. The summed E-state index contributed by atoms with van der Waals surface area (Å²) in [7, 11) is 0. The van der Waals surface area contributed by atoms with Gasteiger partial charge in [0, 0.05) is 44.1 Å². The van der Waals surface area contributed by atoms with Crippen LogP contribution in [0.2, 0.25) is 0 Å². The Bertz CT molecular complexity index is 2520.